The first-order valence-electron chi connectivity index (χ1n) is 9.95. The summed E-state index contributed by atoms with van der Waals surface area (Å²) in [5.74, 6) is -0.340. The molecule has 10 heteroatoms. The van der Waals surface area contributed by atoms with Crippen LogP contribution in [0.4, 0.5) is 11.5 Å². The Morgan fingerprint density at radius 3 is 2.52 bits per heavy atom. The molecule has 2 fully saturated rings. The maximum Gasteiger partial charge on any atom is 0.313 e. The number of benzene rings is 1. The van der Waals surface area contributed by atoms with E-state index < -0.39 is 4.92 Å². The fourth-order valence-corrected chi connectivity index (χ4v) is 4.49. The first-order valence-corrected chi connectivity index (χ1v) is 10.7. The molecule has 0 radical (unpaired) electrons. The van der Waals surface area contributed by atoms with E-state index in [0.29, 0.717) is 31.1 Å². The Bertz CT molecular complexity index is 1020. The number of hydrogen-bond acceptors (Lipinski definition) is 6. The van der Waals surface area contributed by atoms with Gasteiger partial charge in [0.1, 0.15) is 6.29 Å². The summed E-state index contributed by atoms with van der Waals surface area (Å²) in [4.78, 5) is 43.2. The van der Waals surface area contributed by atoms with Gasteiger partial charge in [0.15, 0.2) is 0 Å². The molecule has 0 N–H and O–H groups in total. The molecule has 2 aromatic rings. The number of carbonyl (C=O) groups excluding carboxylic acids is 2. The number of pyridine rings is 1. The number of piperazine rings is 1. The molecule has 1 aliphatic heterocycles. The standard InChI is InChI=1S/C21H20Cl2N4O4/c22-15-4-1-13(2-5-15)19-11-25(21(29)17-6-3-14(17)12-28)7-8-26(19)20-18(27(30)31)9-16(23)10-24-20/h1-2,4-5,9-10,12,14,17,19H,3,6-8,11H2. The highest BCUT2D eigenvalue weighted by Gasteiger charge is 2.42. The van der Waals surface area contributed by atoms with Crippen LogP contribution in [0.15, 0.2) is 36.5 Å². The second-order valence-corrected chi connectivity index (χ2v) is 8.66. The van der Waals surface area contributed by atoms with Gasteiger partial charge in [-0.25, -0.2) is 4.98 Å². The molecule has 1 saturated carbocycles. The van der Waals surface area contributed by atoms with Crippen molar-refractivity contribution in [1.82, 2.24) is 9.88 Å². The molecule has 0 bridgehead atoms. The number of aldehydes is 1. The number of amides is 1. The fourth-order valence-electron chi connectivity index (χ4n) is 4.21. The Balaban J connectivity index is 1.68. The molecule has 1 aromatic heterocycles. The number of nitrogens with zero attached hydrogens (tertiary/aromatic N) is 4. The van der Waals surface area contributed by atoms with Gasteiger partial charge in [0, 0.05) is 48.8 Å². The molecule has 2 heterocycles. The summed E-state index contributed by atoms with van der Waals surface area (Å²) in [7, 11) is 0. The minimum Gasteiger partial charge on any atom is -0.340 e. The first-order chi connectivity index (χ1) is 14.9. The van der Waals surface area contributed by atoms with Gasteiger partial charge in [-0.1, -0.05) is 35.3 Å². The van der Waals surface area contributed by atoms with Crippen molar-refractivity contribution in [2.75, 3.05) is 24.5 Å². The van der Waals surface area contributed by atoms with E-state index >= 15 is 0 Å². The smallest absolute Gasteiger partial charge is 0.313 e. The first kappa shape index (κ1) is 21.5. The molecule has 1 amide bonds. The van der Waals surface area contributed by atoms with Crippen molar-refractivity contribution in [3.63, 3.8) is 0 Å². The molecule has 0 spiro atoms. The number of hydrogen-bond donors (Lipinski definition) is 0. The van der Waals surface area contributed by atoms with E-state index in [1.807, 2.05) is 17.0 Å². The Morgan fingerprint density at radius 1 is 1.16 bits per heavy atom. The van der Waals surface area contributed by atoms with Gasteiger partial charge < -0.3 is 14.6 Å². The van der Waals surface area contributed by atoms with Crippen molar-refractivity contribution in [2.24, 2.45) is 11.8 Å². The Kier molecular flexibility index (Phi) is 6.11. The number of rotatable bonds is 5. The van der Waals surface area contributed by atoms with E-state index in [-0.39, 0.29) is 40.3 Å². The number of anilines is 1. The SMILES string of the molecule is O=CC1CCC1C(=O)N1CCN(c2ncc(Cl)cc2[N+](=O)[O-])C(c2ccc(Cl)cc2)C1. The lowest BCUT2D eigenvalue weighted by Crippen LogP contribution is -2.54. The maximum absolute atomic E-state index is 13.0. The number of carbonyl (C=O) groups is 2. The second kappa shape index (κ2) is 8.80. The molecular formula is C21H20Cl2N4O4. The van der Waals surface area contributed by atoms with E-state index in [9.17, 15) is 19.7 Å². The minimum absolute atomic E-state index is 0.0412. The Labute approximate surface area is 188 Å². The van der Waals surface area contributed by atoms with Crippen LogP contribution in [0.2, 0.25) is 10.0 Å². The Morgan fingerprint density at radius 2 is 1.90 bits per heavy atom. The molecule has 162 valence electrons. The van der Waals surface area contributed by atoms with Gasteiger partial charge in [0.25, 0.3) is 0 Å². The molecule has 2 aliphatic rings. The topological polar surface area (TPSA) is 96.7 Å². The highest BCUT2D eigenvalue weighted by molar-refractivity contribution is 6.31. The van der Waals surface area contributed by atoms with Crippen LogP contribution in [0.25, 0.3) is 0 Å². The van der Waals surface area contributed by atoms with Gasteiger partial charge in [-0.15, -0.1) is 0 Å². The van der Waals surface area contributed by atoms with Crippen molar-refractivity contribution in [1.29, 1.82) is 0 Å². The average Bonchev–Trinajstić information content (AvgIpc) is 2.73. The van der Waals surface area contributed by atoms with Crippen molar-refractivity contribution in [3.8, 4) is 0 Å². The highest BCUT2D eigenvalue weighted by Crippen LogP contribution is 2.39. The zero-order chi connectivity index (χ0) is 22.1. The molecular weight excluding hydrogens is 443 g/mol. The summed E-state index contributed by atoms with van der Waals surface area (Å²) in [5.41, 5.74) is 0.666. The van der Waals surface area contributed by atoms with Gasteiger partial charge in [0.05, 0.1) is 16.0 Å². The largest absolute Gasteiger partial charge is 0.340 e. The van der Waals surface area contributed by atoms with Crippen LogP contribution in [0.5, 0.6) is 0 Å². The summed E-state index contributed by atoms with van der Waals surface area (Å²) in [6, 6.07) is 8.09. The lowest BCUT2D eigenvalue weighted by molar-refractivity contribution is -0.384. The molecule has 1 saturated heterocycles. The van der Waals surface area contributed by atoms with Crippen LogP contribution >= 0.6 is 23.2 Å². The van der Waals surface area contributed by atoms with E-state index in [0.717, 1.165) is 18.3 Å². The van der Waals surface area contributed by atoms with Gasteiger partial charge in [-0.2, -0.15) is 0 Å². The minimum atomic E-state index is -0.506. The van der Waals surface area contributed by atoms with Gasteiger partial charge >= 0.3 is 5.69 Å². The van der Waals surface area contributed by atoms with Crippen LogP contribution < -0.4 is 4.90 Å². The summed E-state index contributed by atoms with van der Waals surface area (Å²) < 4.78 is 0. The average molecular weight is 463 g/mol. The summed E-state index contributed by atoms with van der Waals surface area (Å²) in [6.45, 7) is 1.06. The highest BCUT2D eigenvalue weighted by atomic mass is 35.5. The fraction of sp³-hybridized carbons (Fsp3) is 0.381. The predicted octanol–water partition coefficient (Wildman–Crippen LogP) is 3.91. The Hall–Kier alpha value is -2.71. The lowest BCUT2D eigenvalue weighted by Gasteiger charge is -2.44. The molecule has 3 atom stereocenters. The predicted molar refractivity (Wildman–Crippen MR) is 116 cm³/mol. The molecule has 31 heavy (non-hydrogen) atoms. The van der Waals surface area contributed by atoms with Crippen LogP contribution in [0, 0.1) is 22.0 Å². The zero-order valence-corrected chi connectivity index (χ0v) is 18.0. The van der Waals surface area contributed by atoms with Gasteiger partial charge in [0.2, 0.25) is 11.7 Å². The number of nitro groups is 1. The van der Waals surface area contributed by atoms with Crippen molar-refractivity contribution in [2.45, 2.75) is 18.9 Å². The summed E-state index contributed by atoms with van der Waals surface area (Å²) >= 11 is 12.0. The molecule has 4 rings (SSSR count). The molecule has 1 aliphatic carbocycles. The van der Waals surface area contributed by atoms with E-state index in [1.165, 1.54) is 12.3 Å². The third-order valence-corrected chi connectivity index (χ3v) is 6.51. The number of aromatic nitrogens is 1. The van der Waals surface area contributed by atoms with E-state index in [1.54, 1.807) is 17.0 Å². The van der Waals surface area contributed by atoms with Crippen LogP contribution in [0.1, 0.15) is 24.4 Å². The zero-order valence-electron chi connectivity index (χ0n) is 16.5. The second-order valence-electron chi connectivity index (χ2n) is 7.78. The van der Waals surface area contributed by atoms with E-state index in [4.69, 9.17) is 23.2 Å². The molecule has 3 unspecified atom stereocenters. The third kappa shape index (κ3) is 4.22. The monoisotopic (exact) mass is 462 g/mol. The molecule has 8 nitrogen and oxygen atoms in total. The summed E-state index contributed by atoms with van der Waals surface area (Å²) in [5, 5.41) is 12.4. The van der Waals surface area contributed by atoms with E-state index in [2.05, 4.69) is 4.98 Å². The van der Waals surface area contributed by atoms with Crippen molar-refractivity contribution in [3.05, 3.63) is 62.3 Å². The van der Waals surface area contributed by atoms with Crippen molar-refractivity contribution >= 4 is 46.9 Å². The number of halogens is 2. The lowest BCUT2D eigenvalue weighted by atomic mass is 9.73. The van der Waals surface area contributed by atoms with Crippen LogP contribution in [0.3, 0.4) is 0 Å². The maximum atomic E-state index is 13.0. The molecule has 1 aromatic carbocycles. The van der Waals surface area contributed by atoms with Crippen LogP contribution in [-0.4, -0.2) is 46.6 Å². The van der Waals surface area contributed by atoms with Crippen LogP contribution in [-0.2, 0) is 9.59 Å². The quantitative estimate of drug-likeness (QED) is 0.379. The normalized spacial score (nSPS) is 23.2. The summed E-state index contributed by atoms with van der Waals surface area (Å²) in [6.07, 6.45) is 3.68. The van der Waals surface area contributed by atoms with Gasteiger partial charge in [-0.05, 0) is 30.5 Å². The van der Waals surface area contributed by atoms with Gasteiger partial charge in [-0.3, -0.25) is 14.9 Å². The third-order valence-electron chi connectivity index (χ3n) is 6.05. The van der Waals surface area contributed by atoms with Crippen molar-refractivity contribution < 1.29 is 14.5 Å².